The molecular formula is C32H43N5O7. The number of nitriles is 1. The third-order valence-electron chi connectivity index (χ3n) is 5.80. The van der Waals surface area contributed by atoms with E-state index in [0.717, 1.165) is 35.6 Å². The van der Waals surface area contributed by atoms with E-state index in [2.05, 4.69) is 22.4 Å². The van der Waals surface area contributed by atoms with Crippen molar-refractivity contribution < 1.29 is 33.3 Å². The number of nitrogens with two attached hydrogens (primary N) is 1. The van der Waals surface area contributed by atoms with Crippen LogP contribution in [0, 0.1) is 11.3 Å². The molecule has 1 heterocycles. The van der Waals surface area contributed by atoms with Crippen molar-refractivity contribution in [3.63, 3.8) is 0 Å². The van der Waals surface area contributed by atoms with Gasteiger partial charge in [-0.15, -0.1) is 0 Å². The van der Waals surface area contributed by atoms with Gasteiger partial charge >= 0.3 is 6.09 Å². The van der Waals surface area contributed by atoms with Gasteiger partial charge in [0.05, 0.1) is 51.2 Å². The van der Waals surface area contributed by atoms with Gasteiger partial charge in [0.15, 0.2) is 5.78 Å². The molecule has 2 aromatic carbocycles. The van der Waals surface area contributed by atoms with Gasteiger partial charge in [-0.3, -0.25) is 9.89 Å². The lowest BCUT2D eigenvalue weighted by Gasteiger charge is -2.19. The fraction of sp³-hybridized carbons (Fsp3) is 0.438. The van der Waals surface area contributed by atoms with Gasteiger partial charge in [0.1, 0.15) is 40.0 Å². The Bertz CT molecular complexity index is 1390. The Labute approximate surface area is 258 Å². The summed E-state index contributed by atoms with van der Waals surface area (Å²) in [6, 6.07) is 14.3. The fourth-order valence-electron chi connectivity index (χ4n) is 3.85. The van der Waals surface area contributed by atoms with Crippen LogP contribution in [-0.4, -0.2) is 61.7 Å². The van der Waals surface area contributed by atoms with Crippen LogP contribution >= 0.6 is 0 Å². The van der Waals surface area contributed by atoms with E-state index in [1.807, 2.05) is 24.3 Å². The van der Waals surface area contributed by atoms with Crippen LogP contribution in [0.15, 0.2) is 42.5 Å². The number of unbranched alkanes of at least 4 members (excludes halogenated alkanes) is 1. The minimum absolute atomic E-state index is 0.253. The number of nitrogens with zero attached hydrogens (tertiary/aromatic N) is 2. The molecule has 0 radical (unpaired) electrons. The first-order chi connectivity index (χ1) is 21.0. The van der Waals surface area contributed by atoms with E-state index in [1.165, 1.54) is 7.11 Å². The van der Waals surface area contributed by atoms with E-state index < -0.39 is 11.7 Å². The molecule has 238 valence electrons. The molecule has 0 aliphatic heterocycles. The van der Waals surface area contributed by atoms with E-state index in [-0.39, 0.29) is 24.4 Å². The molecule has 0 saturated heterocycles. The zero-order valence-electron chi connectivity index (χ0n) is 26.3. The lowest BCUT2D eigenvalue weighted by Crippen LogP contribution is -2.33. The van der Waals surface area contributed by atoms with Gasteiger partial charge in [0, 0.05) is 12.6 Å². The number of ketones is 1. The number of rotatable bonds is 14. The van der Waals surface area contributed by atoms with Gasteiger partial charge in [-0.05, 0) is 57.9 Å². The quantitative estimate of drug-likeness (QED) is 0.147. The van der Waals surface area contributed by atoms with Crippen molar-refractivity contribution in [2.24, 2.45) is 0 Å². The first-order valence-electron chi connectivity index (χ1n) is 14.3. The number of nitrogen functional groups attached to an aromatic ring is 1. The molecular weight excluding hydrogens is 566 g/mol. The van der Waals surface area contributed by atoms with Crippen molar-refractivity contribution in [3.8, 4) is 40.3 Å². The lowest BCUT2D eigenvalue weighted by molar-refractivity contribution is 0.0525. The third kappa shape index (κ3) is 11.4. The van der Waals surface area contributed by atoms with Crippen molar-refractivity contribution >= 4 is 17.7 Å². The minimum Gasteiger partial charge on any atom is -0.496 e. The van der Waals surface area contributed by atoms with Crippen LogP contribution in [-0.2, 0) is 4.74 Å². The molecule has 0 fully saturated rings. The number of ether oxygens (including phenoxy) is 5. The Hall–Kier alpha value is -4.92. The molecule has 1 amide bonds. The Kier molecular flexibility index (Phi) is 14.4. The van der Waals surface area contributed by atoms with E-state index in [4.69, 9.17) is 34.7 Å². The number of methoxy groups -OCH3 is 2. The smallest absolute Gasteiger partial charge is 0.407 e. The van der Waals surface area contributed by atoms with Crippen LogP contribution in [0.1, 0.15) is 63.7 Å². The minimum atomic E-state index is -0.544. The Balaban J connectivity index is 0.000000317. The largest absolute Gasteiger partial charge is 0.496 e. The average molecular weight is 610 g/mol. The maximum absolute atomic E-state index is 12.1. The number of H-pyrrole nitrogens is 1. The van der Waals surface area contributed by atoms with Crippen LogP contribution < -0.4 is 30.0 Å². The molecule has 1 aromatic heterocycles. The van der Waals surface area contributed by atoms with Crippen LogP contribution in [0.5, 0.6) is 23.0 Å². The van der Waals surface area contributed by atoms with Crippen LogP contribution in [0.4, 0.5) is 10.6 Å². The van der Waals surface area contributed by atoms with Crippen LogP contribution in [0.25, 0.3) is 11.3 Å². The Morgan fingerprint density at radius 1 is 0.977 bits per heavy atom. The molecule has 12 heteroatoms. The van der Waals surface area contributed by atoms with E-state index in [0.29, 0.717) is 36.9 Å². The van der Waals surface area contributed by atoms with Crippen molar-refractivity contribution in [1.29, 1.82) is 5.26 Å². The molecule has 0 unspecified atom stereocenters. The third-order valence-corrected chi connectivity index (χ3v) is 5.80. The molecule has 0 aliphatic carbocycles. The summed E-state index contributed by atoms with van der Waals surface area (Å²) in [6.45, 7) is 8.84. The number of nitrogens with one attached hydrogen (secondary N) is 2. The summed E-state index contributed by atoms with van der Waals surface area (Å²) in [5, 5.41) is 18.2. The van der Waals surface area contributed by atoms with Crippen molar-refractivity contribution in [2.75, 3.05) is 39.7 Å². The predicted molar refractivity (Wildman–Crippen MR) is 167 cm³/mol. The van der Waals surface area contributed by atoms with Gasteiger partial charge in [0.25, 0.3) is 0 Å². The number of aromatic amines is 1. The molecule has 0 aliphatic rings. The monoisotopic (exact) mass is 609 g/mol. The predicted octanol–water partition coefficient (Wildman–Crippen LogP) is 5.93. The molecule has 0 saturated carbocycles. The number of carbonyl (C=O) groups is 2. The molecule has 3 rings (SSSR count). The summed E-state index contributed by atoms with van der Waals surface area (Å²) in [7, 11) is 3.08. The summed E-state index contributed by atoms with van der Waals surface area (Å²) in [5.41, 5.74) is 7.01. The van der Waals surface area contributed by atoms with Gasteiger partial charge in [-0.2, -0.15) is 10.4 Å². The number of Topliss-reactive ketones (excluding diaryl/α,β-unsaturated/α-hetero) is 1. The second-order valence-corrected chi connectivity index (χ2v) is 10.5. The highest BCUT2D eigenvalue weighted by Crippen LogP contribution is 2.38. The molecule has 0 atom stereocenters. The summed E-state index contributed by atoms with van der Waals surface area (Å²) in [4.78, 5) is 23.6. The van der Waals surface area contributed by atoms with Gasteiger partial charge < -0.3 is 34.7 Å². The van der Waals surface area contributed by atoms with E-state index in [1.54, 1.807) is 52.1 Å². The standard InChI is InChI=1S/C18H24N2O5.C14H19N3O2/c1-18(2,3)25-17(22)20-11-6-12-24-15-8-5-7-14(23-4)16(15)13(21)9-10-19;1-3-4-8-19-12-7-5-6-11(18-2)14(12)10-9-13(15)17-16-10/h5,7-8H,6,9,11-12H2,1-4H3,(H,20,22);5-7,9H,3-4,8H2,1-2H3,(H3,15,16,17). The molecule has 4 N–H and O–H groups in total. The number of benzene rings is 2. The molecule has 3 aromatic rings. The molecule has 12 nitrogen and oxygen atoms in total. The first-order valence-corrected chi connectivity index (χ1v) is 14.3. The van der Waals surface area contributed by atoms with Crippen molar-refractivity contribution in [3.05, 3.63) is 48.0 Å². The van der Waals surface area contributed by atoms with E-state index in [9.17, 15) is 9.59 Å². The fourth-order valence-corrected chi connectivity index (χ4v) is 3.85. The van der Waals surface area contributed by atoms with Gasteiger partial charge in [-0.1, -0.05) is 25.5 Å². The highest BCUT2D eigenvalue weighted by Gasteiger charge is 2.19. The molecule has 44 heavy (non-hydrogen) atoms. The maximum atomic E-state index is 12.1. The molecule has 0 bridgehead atoms. The number of carbonyl (C=O) groups excluding carboxylic acids is 2. The molecule has 0 spiro atoms. The average Bonchev–Trinajstić information content (AvgIpc) is 3.41. The van der Waals surface area contributed by atoms with Crippen molar-refractivity contribution in [1.82, 2.24) is 15.5 Å². The number of anilines is 1. The number of aromatic nitrogens is 2. The van der Waals surface area contributed by atoms with Crippen LogP contribution in [0.2, 0.25) is 0 Å². The first kappa shape index (κ1) is 35.3. The Morgan fingerprint density at radius 2 is 1.59 bits per heavy atom. The van der Waals surface area contributed by atoms with E-state index >= 15 is 0 Å². The maximum Gasteiger partial charge on any atom is 0.407 e. The Morgan fingerprint density at radius 3 is 2.18 bits per heavy atom. The summed E-state index contributed by atoms with van der Waals surface area (Å²) >= 11 is 0. The highest BCUT2D eigenvalue weighted by atomic mass is 16.6. The highest BCUT2D eigenvalue weighted by molar-refractivity contribution is 6.02. The zero-order chi connectivity index (χ0) is 32.5. The normalized spacial score (nSPS) is 10.5. The van der Waals surface area contributed by atoms with Crippen molar-refractivity contribution in [2.45, 2.75) is 59.0 Å². The number of hydrogen-bond acceptors (Lipinski definition) is 10. The lowest BCUT2D eigenvalue weighted by atomic mass is 10.1. The SMILES string of the molecule is CCCCOc1cccc(OC)c1-c1cc(N)n[nH]1.COc1cccc(OCCCNC(=O)OC(C)(C)C)c1C(=O)CC#N. The number of amides is 1. The van der Waals surface area contributed by atoms with Crippen LogP contribution in [0.3, 0.4) is 0 Å². The topological polar surface area (TPSA) is 171 Å². The number of hydrogen-bond donors (Lipinski definition) is 3. The van der Waals surface area contributed by atoms with Gasteiger partial charge in [-0.25, -0.2) is 4.79 Å². The second kappa shape index (κ2) is 17.9. The zero-order valence-corrected chi connectivity index (χ0v) is 26.3. The summed E-state index contributed by atoms with van der Waals surface area (Å²) < 4.78 is 27.1. The summed E-state index contributed by atoms with van der Waals surface area (Å²) in [6.07, 6.45) is 1.90. The second-order valence-electron chi connectivity index (χ2n) is 10.5. The van der Waals surface area contributed by atoms with Gasteiger partial charge in [0.2, 0.25) is 0 Å². The number of alkyl carbamates (subject to hydrolysis) is 1. The summed E-state index contributed by atoms with van der Waals surface area (Å²) in [5.74, 6) is 2.32.